The largest absolute Gasteiger partial charge is 0.436 e. The molecule has 334 valence electrons. The molecular formula is C41H50N12O10. The Bertz CT molecular complexity index is 2880. The molecule has 0 fully saturated rings. The molecule has 6 rings (SSSR count). The van der Waals surface area contributed by atoms with Gasteiger partial charge in [0.25, 0.3) is 17.0 Å². The molecular weight excluding hydrogens is 821 g/mol. The molecule has 63 heavy (non-hydrogen) atoms. The Labute approximate surface area is 358 Å². The summed E-state index contributed by atoms with van der Waals surface area (Å²) in [7, 11) is 0. The monoisotopic (exact) mass is 870 g/mol. The van der Waals surface area contributed by atoms with E-state index >= 15 is 0 Å². The Balaban J connectivity index is 1.10. The minimum absolute atomic E-state index is 0.0196. The van der Waals surface area contributed by atoms with Crippen molar-refractivity contribution in [2.75, 3.05) is 26.2 Å². The van der Waals surface area contributed by atoms with Crippen molar-refractivity contribution in [3.8, 4) is 23.0 Å². The van der Waals surface area contributed by atoms with Crippen LogP contribution in [0.1, 0.15) is 68.7 Å². The molecule has 5 N–H and O–H groups in total. The van der Waals surface area contributed by atoms with E-state index in [0.717, 1.165) is 22.3 Å². The van der Waals surface area contributed by atoms with Crippen LogP contribution in [-0.2, 0) is 32.4 Å². The number of amides is 3. The lowest BCUT2D eigenvalue weighted by atomic mass is 10.1. The number of rotatable bonds is 15. The van der Waals surface area contributed by atoms with Crippen LogP contribution in [-0.4, -0.2) is 104 Å². The van der Waals surface area contributed by atoms with Gasteiger partial charge in [0.1, 0.15) is 0 Å². The maximum atomic E-state index is 13.6. The van der Waals surface area contributed by atoms with Gasteiger partial charge in [0.2, 0.25) is 5.91 Å². The number of hydrogen-bond donors (Lipinski definition) is 5. The van der Waals surface area contributed by atoms with E-state index in [2.05, 4.69) is 40.7 Å². The Morgan fingerprint density at radius 3 is 1.78 bits per heavy atom. The number of nitrogens with zero attached hydrogens (tertiary/aromatic N) is 8. The minimum Gasteiger partial charge on any atom is -0.321 e. The summed E-state index contributed by atoms with van der Waals surface area (Å²) in [6.07, 6.45) is -1.06. The third-order valence-electron chi connectivity index (χ3n) is 10.2. The van der Waals surface area contributed by atoms with Gasteiger partial charge in [-0.05, 0) is 120 Å². The number of fused-ring (bicyclic) bond motifs is 4. The van der Waals surface area contributed by atoms with Gasteiger partial charge in [-0.1, -0.05) is 0 Å². The molecule has 4 aliphatic rings. The summed E-state index contributed by atoms with van der Waals surface area (Å²) in [6.45, 7) is 13.6. The molecule has 0 bridgehead atoms. The molecule has 22 nitrogen and oxygen atoms in total. The molecule has 2 aromatic rings. The van der Waals surface area contributed by atoms with E-state index < -0.39 is 46.0 Å². The molecule has 22 heteroatoms. The van der Waals surface area contributed by atoms with Gasteiger partial charge in [0.05, 0.1) is 27.7 Å². The number of nitrogens with one attached hydrogen (secondary N) is 4. The topological polar surface area (TPSA) is 282 Å². The zero-order valence-corrected chi connectivity index (χ0v) is 36.1. The Morgan fingerprint density at radius 2 is 1.24 bits per heavy atom. The molecule has 0 radical (unpaired) electrons. The smallest absolute Gasteiger partial charge is 0.321 e. The van der Waals surface area contributed by atoms with Gasteiger partial charge in [0, 0.05) is 45.6 Å². The fourth-order valence-electron chi connectivity index (χ4n) is 6.72. The summed E-state index contributed by atoms with van der Waals surface area (Å²) in [4.78, 5) is 122. The van der Waals surface area contributed by atoms with Crippen LogP contribution in [0.5, 0.6) is 0 Å². The molecule has 3 amide bonds. The van der Waals surface area contributed by atoms with E-state index in [1.54, 1.807) is 36.0 Å². The van der Waals surface area contributed by atoms with Gasteiger partial charge in [-0.3, -0.25) is 44.0 Å². The Morgan fingerprint density at radius 1 is 0.714 bits per heavy atom. The molecule has 0 saturated carbocycles. The average Bonchev–Trinajstić information content (AvgIpc) is 3.20. The molecule has 0 atom stereocenters. The van der Waals surface area contributed by atoms with Gasteiger partial charge < -0.3 is 19.4 Å². The lowest BCUT2D eigenvalue weighted by Crippen LogP contribution is -2.41. The number of H-pyrrole nitrogens is 2. The number of aromatic amines is 2. The van der Waals surface area contributed by atoms with Crippen molar-refractivity contribution in [3.63, 3.8) is 0 Å². The first-order chi connectivity index (χ1) is 29.8. The van der Waals surface area contributed by atoms with E-state index in [9.17, 15) is 38.8 Å². The summed E-state index contributed by atoms with van der Waals surface area (Å²) in [6, 6.07) is 7.38. The average molecular weight is 871 g/mol. The van der Waals surface area contributed by atoms with Crippen LogP contribution < -0.4 is 33.3 Å². The molecule has 0 saturated heterocycles. The van der Waals surface area contributed by atoms with Gasteiger partial charge in [-0.15, -0.1) is 0 Å². The van der Waals surface area contributed by atoms with Crippen molar-refractivity contribution in [2.45, 2.75) is 92.8 Å². The lowest BCUT2D eigenvalue weighted by molar-refractivity contribution is -0.285. The van der Waals surface area contributed by atoms with Crippen molar-refractivity contribution in [1.82, 2.24) is 60.0 Å². The first-order valence-electron chi connectivity index (χ1n) is 20.3. The zero-order valence-electron chi connectivity index (χ0n) is 36.1. The van der Waals surface area contributed by atoms with E-state index in [-0.39, 0.29) is 73.6 Å². The van der Waals surface area contributed by atoms with Crippen LogP contribution >= 0.6 is 0 Å². The number of hydrogen-bond acceptors (Lipinski definition) is 15. The summed E-state index contributed by atoms with van der Waals surface area (Å²) >= 11 is 0. The van der Waals surface area contributed by atoms with Gasteiger partial charge >= 0.3 is 17.5 Å². The molecule has 2 aromatic carbocycles. The predicted octanol–water partition coefficient (Wildman–Crippen LogP) is 1.98. The van der Waals surface area contributed by atoms with E-state index in [1.807, 2.05) is 45.9 Å². The van der Waals surface area contributed by atoms with Crippen molar-refractivity contribution < 1.29 is 29.3 Å². The van der Waals surface area contributed by atoms with Crippen molar-refractivity contribution in [3.05, 3.63) is 88.2 Å². The van der Waals surface area contributed by atoms with Crippen molar-refractivity contribution >= 4 is 40.0 Å². The minimum atomic E-state index is -1.12. The van der Waals surface area contributed by atoms with Crippen LogP contribution in [0, 0.1) is 27.7 Å². The lowest BCUT2D eigenvalue weighted by Gasteiger charge is -2.25. The summed E-state index contributed by atoms with van der Waals surface area (Å²) < 4.78 is 3.32. The van der Waals surface area contributed by atoms with E-state index in [1.165, 1.54) is 4.90 Å². The normalized spacial score (nSPS) is 11.7. The number of hydroxylamine groups is 3. The van der Waals surface area contributed by atoms with Gasteiger partial charge in [-0.2, -0.15) is 9.97 Å². The molecule has 4 heterocycles. The first-order valence-corrected chi connectivity index (χ1v) is 20.3. The summed E-state index contributed by atoms with van der Waals surface area (Å²) in [5.41, 5.74) is 4.56. The zero-order chi connectivity index (χ0) is 45.7. The van der Waals surface area contributed by atoms with E-state index in [4.69, 9.17) is 9.68 Å². The molecule has 0 unspecified atom stereocenters. The predicted molar refractivity (Wildman–Crippen MR) is 228 cm³/mol. The highest BCUT2D eigenvalue weighted by molar-refractivity contribution is 5.82. The summed E-state index contributed by atoms with van der Waals surface area (Å²) in [5, 5.41) is 13.6. The Kier molecular flexibility index (Phi) is 13.8. The second-order valence-electron chi connectivity index (χ2n) is 16.2. The fraction of sp³-hybridized carbons (Fsp3) is 0.439. The first kappa shape index (κ1) is 45.6. The van der Waals surface area contributed by atoms with Crippen LogP contribution in [0.2, 0.25) is 0 Å². The molecule has 0 spiro atoms. The highest BCUT2D eigenvalue weighted by Crippen LogP contribution is 2.25. The molecule has 0 aromatic heterocycles. The second-order valence-corrected chi connectivity index (χ2v) is 16.2. The quantitative estimate of drug-likeness (QED) is 0.0427. The van der Waals surface area contributed by atoms with E-state index in [0.29, 0.717) is 41.7 Å². The molecule has 0 aliphatic carbocycles. The highest BCUT2D eigenvalue weighted by atomic mass is 16.9. The third-order valence-corrected chi connectivity index (χ3v) is 10.2. The number of carbonyl (C=O) groups is 3. The maximum Gasteiger partial charge on any atom is 0.436 e. The Hall–Kier alpha value is -6.91. The number of benzene rings is 2. The SMILES string of the molecule is Cc1cc2nc3c(=O)[nH]c(=O)nc-3n(CCNCCCC(=O)N(O)OC(=O)N(CCCC(=O)NOC(C)(C)C)CCn3c4nc(=O)[nH]c(=O)c-4nc4cc(C)c(C)cc43)c2cc1C. The van der Waals surface area contributed by atoms with Gasteiger partial charge in [-0.25, -0.2) is 29.8 Å². The van der Waals surface area contributed by atoms with Crippen LogP contribution in [0.4, 0.5) is 4.79 Å². The van der Waals surface area contributed by atoms with Crippen molar-refractivity contribution in [2.24, 2.45) is 0 Å². The second kappa shape index (κ2) is 19.0. The standard InChI is InChI=1S/C41H50N12O10/c1-22-18-26-28(20-24(22)3)51(34-32(43-26)36(56)47-38(58)45-34)15-13-42-12-8-11-31(55)53(61)62-40(60)50(14-9-10-30(54)49-63-41(5,6)7)16-17-52-29-21-25(4)23(2)19-27(29)44-33-35(52)46-39(59)48-37(33)57/h18-21,42,61H,8-17H2,1-7H3,(H,49,54)(H,47,56,58)(H,48,57,59). The van der Waals surface area contributed by atoms with Crippen LogP contribution in [0.25, 0.3) is 45.1 Å². The van der Waals surface area contributed by atoms with Crippen molar-refractivity contribution in [1.29, 1.82) is 0 Å². The van der Waals surface area contributed by atoms with Crippen LogP contribution in [0.3, 0.4) is 0 Å². The van der Waals surface area contributed by atoms with Crippen LogP contribution in [0.15, 0.2) is 43.4 Å². The summed E-state index contributed by atoms with van der Waals surface area (Å²) in [5.74, 6) is -1.25. The third kappa shape index (κ3) is 10.9. The molecule has 4 aliphatic heterocycles. The fourth-order valence-corrected chi connectivity index (χ4v) is 6.72. The number of carbonyl (C=O) groups excluding carboxylic acids is 3. The number of aryl methyl sites for hydroxylation is 4. The highest BCUT2D eigenvalue weighted by Gasteiger charge is 2.25. The van der Waals surface area contributed by atoms with Gasteiger partial charge in [0.15, 0.2) is 23.0 Å². The number of aromatic nitrogens is 8. The maximum absolute atomic E-state index is 13.6.